The average molecular weight is 363 g/mol. The summed E-state index contributed by atoms with van der Waals surface area (Å²) in [4.78, 5) is 1.62. The lowest BCUT2D eigenvalue weighted by atomic mass is 9.98. The van der Waals surface area contributed by atoms with Crippen LogP contribution in [0.3, 0.4) is 0 Å². The van der Waals surface area contributed by atoms with E-state index in [1.165, 1.54) is 0 Å². The van der Waals surface area contributed by atoms with E-state index in [2.05, 4.69) is 5.32 Å². The zero-order valence-corrected chi connectivity index (χ0v) is 12.9. The number of piperazine rings is 1. The normalized spacial score (nSPS) is 17.7. The predicted molar refractivity (Wildman–Crippen MR) is 76.0 cm³/mol. The Morgan fingerprint density at radius 3 is 2.26 bits per heavy atom. The molecule has 0 saturated carbocycles. The Morgan fingerprint density at radius 1 is 1.09 bits per heavy atom. The van der Waals surface area contributed by atoms with E-state index in [-0.39, 0.29) is 18.0 Å². The number of nitrogens with zero attached hydrogens (tertiary/aromatic N) is 1. The van der Waals surface area contributed by atoms with Crippen molar-refractivity contribution in [2.75, 3.05) is 26.2 Å². The van der Waals surface area contributed by atoms with E-state index in [0.717, 1.165) is 6.07 Å². The topological polar surface area (TPSA) is 15.3 Å². The molecule has 2 nitrogen and oxygen atoms in total. The Kier molecular flexibility index (Phi) is 7.16. The third kappa shape index (κ3) is 5.54. The minimum atomic E-state index is -4.41. The molecule has 1 atom stereocenters. The maximum Gasteiger partial charge on any atom is 0.389 e. The summed E-state index contributed by atoms with van der Waals surface area (Å²) in [5, 5.41) is 3.02. The van der Waals surface area contributed by atoms with Crippen LogP contribution in [0.4, 0.5) is 26.3 Å². The maximum absolute atomic E-state index is 13.9. The van der Waals surface area contributed by atoms with Gasteiger partial charge in [-0.25, -0.2) is 13.2 Å². The first kappa shape index (κ1) is 20.1. The fourth-order valence-corrected chi connectivity index (χ4v) is 2.65. The fraction of sp³-hybridized carbons (Fsp3) is 0.571. The predicted octanol–water partition coefficient (Wildman–Crippen LogP) is 3.81. The Hall–Kier alpha value is -0.990. The van der Waals surface area contributed by atoms with Gasteiger partial charge >= 0.3 is 6.18 Å². The summed E-state index contributed by atoms with van der Waals surface area (Å²) in [6, 6.07) is 0.160. The van der Waals surface area contributed by atoms with Gasteiger partial charge in [0.2, 0.25) is 0 Å². The first-order valence-corrected chi connectivity index (χ1v) is 6.94. The summed E-state index contributed by atoms with van der Waals surface area (Å²) in [7, 11) is 0. The largest absolute Gasteiger partial charge is 0.389 e. The second-order valence-electron chi connectivity index (χ2n) is 5.25. The third-order valence-electron chi connectivity index (χ3n) is 3.67. The number of alkyl halides is 3. The van der Waals surface area contributed by atoms with Crippen LogP contribution in [0.5, 0.6) is 0 Å². The minimum Gasteiger partial charge on any atom is -0.314 e. The molecule has 9 heteroatoms. The molecular formula is C14H17ClF6N2. The van der Waals surface area contributed by atoms with Gasteiger partial charge in [0, 0.05) is 50.3 Å². The van der Waals surface area contributed by atoms with Gasteiger partial charge in [-0.1, -0.05) is 0 Å². The lowest BCUT2D eigenvalue weighted by Gasteiger charge is -2.35. The van der Waals surface area contributed by atoms with Crippen molar-refractivity contribution in [3.63, 3.8) is 0 Å². The number of hydrogen-bond donors (Lipinski definition) is 1. The van der Waals surface area contributed by atoms with E-state index in [0.29, 0.717) is 32.2 Å². The molecule has 1 aromatic rings. The summed E-state index contributed by atoms with van der Waals surface area (Å²) >= 11 is 0. The van der Waals surface area contributed by atoms with Gasteiger partial charge in [0.1, 0.15) is 5.82 Å². The molecule has 0 bridgehead atoms. The van der Waals surface area contributed by atoms with E-state index in [4.69, 9.17) is 0 Å². The van der Waals surface area contributed by atoms with Crippen LogP contribution in [0, 0.1) is 17.5 Å². The van der Waals surface area contributed by atoms with Crippen LogP contribution in [0.25, 0.3) is 0 Å². The van der Waals surface area contributed by atoms with Gasteiger partial charge < -0.3 is 5.32 Å². The van der Waals surface area contributed by atoms with Crippen LogP contribution in [-0.4, -0.2) is 37.3 Å². The molecule has 23 heavy (non-hydrogen) atoms. The first-order chi connectivity index (χ1) is 10.3. The molecule has 0 unspecified atom stereocenters. The number of nitrogens with one attached hydrogen (secondary N) is 1. The lowest BCUT2D eigenvalue weighted by Crippen LogP contribution is -2.45. The highest BCUT2D eigenvalue weighted by Gasteiger charge is 2.33. The summed E-state index contributed by atoms with van der Waals surface area (Å²) in [6.07, 6.45) is -5.99. The van der Waals surface area contributed by atoms with Crippen molar-refractivity contribution in [1.82, 2.24) is 10.2 Å². The summed E-state index contributed by atoms with van der Waals surface area (Å²) in [6.45, 7) is 1.84. The fourth-order valence-electron chi connectivity index (χ4n) is 2.65. The van der Waals surface area contributed by atoms with Crippen molar-refractivity contribution in [2.45, 2.75) is 25.1 Å². The Morgan fingerprint density at radius 2 is 1.70 bits per heavy atom. The van der Waals surface area contributed by atoms with Gasteiger partial charge in [0.25, 0.3) is 0 Å². The molecule has 1 aliphatic heterocycles. The third-order valence-corrected chi connectivity index (χ3v) is 3.67. The zero-order valence-electron chi connectivity index (χ0n) is 12.1. The summed E-state index contributed by atoms with van der Waals surface area (Å²) < 4.78 is 78.1. The average Bonchev–Trinajstić information content (AvgIpc) is 2.44. The van der Waals surface area contributed by atoms with Crippen molar-refractivity contribution in [2.24, 2.45) is 0 Å². The van der Waals surface area contributed by atoms with Gasteiger partial charge in [0.15, 0.2) is 11.6 Å². The highest BCUT2D eigenvalue weighted by atomic mass is 35.5. The maximum atomic E-state index is 13.9. The van der Waals surface area contributed by atoms with Gasteiger partial charge in [-0.2, -0.15) is 13.2 Å². The second kappa shape index (κ2) is 8.21. The molecular weight excluding hydrogens is 346 g/mol. The summed E-state index contributed by atoms with van der Waals surface area (Å²) in [5.74, 6) is -3.67. The monoisotopic (exact) mass is 362 g/mol. The van der Waals surface area contributed by atoms with Crippen molar-refractivity contribution >= 4 is 12.4 Å². The zero-order chi connectivity index (χ0) is 16.3. The smallest absolute Gasteiger partial charge is 0.314 e. The quantitative estimate of drug-likeness (QED) is 0.647. The first-order valence-electron chi connectivity index (χ1n) is 6.94. The molecule has 1 aromatic carbocycles. The molecule has 0 spiro atoms. The van der Waals surface area contributed by atoms with Gasteiger partial charge in [-0.15, -0.1) is 12.4 Å². The van der Waals surface area contributed by atoms with Crippen LogP contribution in [0.1, 0.15) is 24.4 Å². The highest BCUT2D eigenvalue weighted by Crippen LogP contribution is 2.33. The van der Waals surface area contributed by atoms with Crippen molar-refractivity contribution in [3.05, 3.63) is 35.1 Å². The molecule has 0 aliphatic carbocycles. The van der Waals surface area contributed by atoms with Crippen LogP contribution in [0.15, 0.2) is 12.1 Å². The number of benzene rings is 1. The van der Waals surface area contributed by atoms with E-state index in [9.17, 15) is 26.3 Å². The molecule has 0 amide bonds. The van der Waals surface area contributed by atoms with E-state index < -0.39 is 42.5 Å². The minimum absolute atomic E-state index is 0. The standard InChI is InChI=1S/C14H16F6N2.ClH/c15-9-7-10(13(17)11(16)8-9)12(1-2-14(18,19)20)22-5-3-21-4-6-22;/h7-8,12,21H,1-6H2;1H/t12-;/m1./s1. The van der Waals surface area contributed by atoms with Crippen LogP contribution in [0.2, 0.25) is 0 Å². The van der Waals surface area contributed by atoms with Gasteiger partial charge in [-0.3, -0.25) is 4.90 Å². The number of halogens is 7. The Labute approximate surface area is 136 Å². The molecule has 0 aromatic heterocycles. The lowest BCUT2D eigenvalue weighted by molar-refractivity contribution is -0.138. The van der Waals surface area contributed by atoms with Crippen LogP contribution >= 0.6 is 12.4 Å². The molecule has 132 valence electrons. The van der Waals surface area contributed by atoms with Crippen LogP contribution in [-0.2, 0) is 0 Å². The van der Waals surface area contributed by atoms with E-state index in [1.807, 2.05) is 0 Å². The van der Waals surface area contributed by atoms with Crippen LogP contribution < -0.4 is 5.32 Å². The molecule has 0 radical (unpaired) electrons. The van der Waals surface area contributed by atoms with E-state index >= 15 is 0 Å². The molecule has 1 heterocycles. The van der Waals surface area contributed by atoms with Crippen molar-refractivity contribution in [3.8, 4) is 0 Å². The summed E-state index contributed by atoms with van der Waals surface area (Å²) in [5.41, 5.74) is -0.358. The van der Waals surface area contributed by atoms with Gasteiger partial charge in [-0.05, 0) is 12.5 Å². The highest BCUT2D eigenvalue weighted by molar-refractivity contribution is 5.85. The van der Waals surface area contributed by atoms with Gasteiger partial charge in [0.05, 0.1) is 0 Å². The molecule has 1 saturated heterocycles. The molecule has 1 fully saturated rings. The van der Waals surface area contributed by atoms with Crippen molar-refractivity contribution in [1.29, 1.82) is 0 Å². The van der Waals surface area contributed by atoms with Crippen molar-refractivity contribution < 1.29 is 26.3 Å². The molecule has 2 rings (SSSR count). The molecule has 1 N–H and O–H groups in total. The van der Waals surface area contributed by atoms with E-state index in [1.54, 1.807) is 4.90 Å². The molecule has 1 aliphatic rings. The number of rotatable bonds is 4. The Balaban J connectivity index is 0.00000264. The Bertz CT molecular complexity index is 517. The number of hydrogen-bond acceptors (Lipinski definition) is 2. The second-order valence-corrected chi connectivity index (χ2v) is 5.25. The SMILES string of the molecule is Cl.Fc1cc(F)c(F)c([C@@H](CCC(F)(F)F)N2CCNCC2)c1.